The van der Waals surface area contributed by atoms with Crippen LogP contribution in [0.1, 0.15) is 52.0 Å². The molecular formula is C21H30O5. The summed E-state index contributed by atoms with van der Waals surface area (Å²) in [6.45, 7) is 7.23. The van der Waals surface area contributed by atoms with Crippen LogP contribution in [0.5, 0.6) is 11.5 Å². The van der Waals surface area contributed by atoms with Crippen molar-refractivity contribution in [3.63, 3.8) is 0 Å². The molecule has 1 aliphatic rings. The minimum atomic E-state index is -0.762. The molecule has 1 aliphatic heterocycles. The highest BCUT2D eigenvalue weighted by atomic mass is 16.5. The maximum atomic E-state index is 11.3. The molecule has 0 radical (unpaired) electrons. The van der Waals surface area contributed by atoms with Crippen LogP contribution < -0.4 is 9.47 Å². The molecule has 0 bridgehead atoms. The average Bonchev–Trinajstić information content (AvgIpc) is 2.94. The molecule has 0 N–H and O–H groups in total. The predicted molar refractivity (Wildman–Crippen MR) is 100.0 cm³/mol. The summed E-state index contributed by atoms with van der Waals surface area (Å²) in [5.41, 5.74) is 0.476. The van der Waals surface area contributed by atoms with Crippen molar-refractivity contribution in [3.8, 4) is 11.5 Å². The van der Waals surface area contributed by atoms with E-state index in [9.17, 15) is 9.59 Å². The third-order valence-electron chi connectivity index (χ3n) is 5.18. The van der Waals surface area contributed by atoms with Gasteiger partial charge in [-0.3, -0.25) is 0 Å². The molecule has 1 heterocycles. The summed E-state index contributed by atoms with van der Waals surface area (Å²) in [6.07, 6.45) is 4.54. The molecule has 0 aliphatic carbocycles. The molecule has 0 amide bonds. The Bertz CT molecular complexity index is 625. The number of hydrogen-bond donors (Lipinski definition) is 0. The minimum Gasteiger partial charge on any atom is -0.493 e. The summed E-state index contributed by atoms with van der Waals surface area (Å²) in [4.78, 5) is 22.3. The Morgan fingerprint density at radius 1 is 1.31 bits per heavy atom. The van der Waals surface area contributed by atoms with Crippen LogP contribution in [-0.2, 0) is 19.7 Å². The molecular weight excluding hydrogens is 332 g/mol. The molecule has 26 heavy (non-hydrogen) atoms. The second-order valence-corrected chi connectivity index (χ2v) is 7.89. The third kappa shape index (κ3) is 5.07. The standard InChI is InChI=1S/C21H30O5/c1-20(2)15-26-19-12-17(7-8-18(19)20)25-11-9-16(13-22)6-5-10-21(3,14-23)24-4/h7-8,12-14,16H,5-6,9-11,15H2,1-4H3. The Morgan fingerprint density at radius 3 is 2.73 bits per heavy atom. The smallest absolute Gasteiger partial charge is 0.151 e. The van der Waals surface area contributed by atoms with Gasteiger partial charge in [0.1, 0.15) is 23.4 Å². The van der Waals surface area contributed by atoms with Crippen molar-refractivity contribution in [1.29, 1.82) is 0 Å². The lowest BCUT2D eigenvalue weighted by Gasteiger charge is -2.21. The molecule has 5 nitrogen and oxygen atoms in total. The number of ether oxygens (including phenoxy) is 3. The Kier molecular flexibility index (Phi) is 6.81. The molecule has 2 unspecified atom stereocenters. The van der Waals surface area contributed by atoms with E-state index in [1.54, 1.807) is 6.92 Å². The van der Waals surface area contributed by atoms with Gasteiger partial charge in [-0.1, -0.05) is 19.9 Å². The SMILES string of the molecule is COC(C)(C=O)CCCC(C=O)CCOc1ccc2c(c1)OCC2(C)C. The molecule has 0 aromatic heterocycles. The lowest BCUT2D eigenvalue weighted by Crippen LogP contribution is -2.29. The fourth-order valence-corrected chi connectivity index (χ4v) is 3.14. The second-order valence-electron chi connectivity index (χ2n) is 7.89. The Hall–Kier alpha value is -1.88. The average molecular weight is 362 g/mol. The van der Waals surface area contributed by atoms with E-state index >= 15 is 0 Å². The van der Waals surface area contributed by atoms with E-state index in [-0.39, 0.29) is 11.3 Å². The van der Waals surface area contributed by atoms with Gasteiger partial charge < -0.3 is 23.8 Å². The summed E-state index contributed by atoms with van der Waals surface area (Å²) >= 11 is 0. The second kappa shape index (κ2) is 8.67. The Balaban J connectivity index is 1.77. The number of fused-ring (bicyclic) bond motifs is 1. The zero-order chi connectivity index (χ0) is 19.2. The Morgan fingerprint density at radius 2 is 2.08 bits per heavy atom. The van der Waals surface area contributed by atoms with Gasteiger partial charge in [-0.25, -0.2) is 0 Å². The van der Waals surface area contributed by atoms with Crippen molar-refractivity contribution >= 4 is 12.6 Å². The van der Waals surface area contributed by atoms with Crippen molar-refractivity contribution in [1.82, 2.24) is 0 Å². The maximum Gasteiger partial charge on any atom is 0.151 e. The van der Waals surface area contributed by atoms with Crippen molar-refractivity contribution in [2.45, 2.75) is 57.5 Å². The lowest BCUT2D eigenvalue weighted by atomic mass is 9.87. The maximum absolute atomic E-state index is 11.3. The van der Waals surface area contributed by atoms with Gasteiger partial charge in [0.2, 0.25) is 0 Å². The van der Waals surface area contributed by atoms with Crippen molar-refractivity contribution < 1.29 is 23.8 Å². The highest BCUT2D eigenvalue weighted by molar-refractivity contribution is 5.61. The summed E-state index contributed by atoms with van der Waals surface area (Å²) < 4.78 is 16.7. The van der Waals surface area contributed by atoms with Gasteiger partial charge in [-0.05, 0) is 38.7 Å². The number of carbonyl (C=O) groups excluding carboxylic acids is 2. The van der Waals surface area contributed by atoms with Crippen LogP contribution in [-0.4, -0.2) is 38.5 Å². The van der Waals surface area contributed by atoms with Crippen LogP contribution in [0.25, 0.3) is 0 Å². The van der Waals surface area contributed by atoms with Gasteiger partial charge in [0.15, 0.2) is 6.29 Å². The summed E-state index contributed by atoms with van der Waals surface area (Å²) in [5.74, 6) is 1.57. The normalized spacial score (nSPS) is 18.3. The molecule has 144 valence electrons. The van der Waals surface area contributed by atoms with Gasteiger partial charge in [0, 0.05) is 30.1 Å². The minimum absolute atomic E-state index is 0.0364. The Labute approximate surface area is 156 Å². The molecule has 1 aromatic carbocycles. The van der Waals surface area contributed by atoms with Crippen LogP contribution in [0.3, 0.4) is 0 Å². The van der Waals surface area contributed by atoms with Gasteiger partial charge in [-0.15, -0.1) is 0 Å². The quantitative estimate of drug-likeness (QED) is 0.562. The molecule has 0 spiro atoms. The number of aldehydes is 2. The van der Waals surface area contributed by atoms with E-state index in [1.807, 2.05) is 12.1 Å². The van der Waals surface area contributed by atoms with E-state index in [2.05, 4.69) is 19.9 Å². The fraction of sp³-hybridized carbons (Fsp3) is 0.619. The molecule has 0 saturated heterocycles. The summed E-state index contributed by atoms with van der Waals surface area (Å²) in [5, 5.41) is 0. The summed E-state index contributed by atoms with van der Waals surface area (Å²) in [7, 11) is 1.53. The molecule has 0 fully saturated rings. The third-order valence-corrected chi connectivity index (χ3v) is 5.18. The lowest BCUT2D eigenvalue weighted by molar-refractivity contribution is -0.126. The van der Waals surface area contributed by atoms with Crippen molar-refractivity contribution in [2.75, 3.05) is 20.3 Å². The first-order valence-corrected chi connectivity index (χ1v) is 9.20. The van der Waals surface area contributed by atoms with Crippen molar-refractivity contribution in [2.24, 2.45) is 5.92 Å². The number of benzene rings is 1. The first kappa shape index (κ1) is 20.4. The number of rotatable bonds is 11. The molecule has 0 saturated carbocycles. The number of methoxy groups -OCH3 is 1. The van der Waals surface area contributed by atoms with Gasteiger partial charge in [0.05, 0.1) is 13.2 Å². The highest BCUT2D eigenvalue weighted by Gasteiger charge is 2.31. The predicted octanol–water partition coefficient (Wildman–Crippen LogP) is 3.71. The monoisotopic (exact) mass is 362 g/mol. The highest BCUT2D eigenvalue weighted by Crippen LogP contribution is 2.40. The van der Waals surface area contributed by atoms with E-state index in [4.69, 9.17) is 14.2 Å². The largest absolute Gasteiger partial charge is 0.493 e. The summed E-state index contributed by atoms with van der Waals surface area (Å²) in [6, 6.07) is 5.94. The molecule has 2 rings (SSSR count). The van der Waals surface area contributed by atoms with Crippen LogP contribution in [0.2, 0.25) is 0 Å². The fourth-order valence-electron chi connectivity index (χ4n) is 3.14. The zero-order valence-electron chi connectivity index (χ0n) is 16.2. The zero-order valence-corrected chi connectivity index (χ0v) is 16.2. The number of hydrogen-bond acceptors (Lipinski definition) is 5. The first-order chi connectivity index (χ1) is 12.3. The van der Waals surface area contributed by atoms with Gasteiger partial charge >= 0.3 is 0 Å². The van der Waals surface area contributed by atoms with E-state index in [0.29, 0.717) is 26.1 Å². The van der Waals surface area contributed by atoms with Gasteiger partial charge in [-0.2, -0.15) is 0 Å². The van der Waals surface area contributed by atoms with E-state index < -0.39 is 5.60 Å². The van der Waals surface area contributed by atoms with Gasteiger partial charge in [0.25, 0.3) is 0 Å². The molecule has 5 heteroatoms. The topological polar surface area (TPSA) is 61.8 Å². The van der Waals surface area contributed by atoms with Crippen LogP contribution in [0.15, 0.2) is 18.2 Å². The van der Waals surface area contributed by atoms with E-state index in [0.717, 1.165) is 36.9 Å². The van der Waals surface area contributed by atoms with Crippen molar-refractivity contribution in [3.05, 3.63) is 23.8 Å². The molecule has 1 aromatic rings. The first-order valence-electron chi connectivity index (χ1n) is 9.20. The van der Waals surface area contributed by atoms with Crippen LogP contribution in [0.4, 0.5) is 0 Å². The van der Waals surface area contributed by atoms with Crippen LogP contribution >= 0.6 is 0 Å². The van der Waals surface area contributed by atoms with Crippen LogP contribution in [0, 0.1) is 5.92 Å². The van der Waals surface area contributed by atoms with E-state index in [1.165, 1.54) is 12.7 Å². The molecule has 2 atom stereocenters. The number of carbonyl (C=O) groups is 2.